The largest absolute Gasteiger partial charge is 0.282 e. The molecule has 2 rings (SSSR count). The highest BCUT2D eigenvalue weighted by Crippen LogP contribution is 2.26. The van der Waals surface area contributed by atoms with Gasteiger partial charge in [-0.25, -0.2) is 0 Å². The van der Waals surface area contributed by atoms with Crippen molar-refractivity contribution in [1.82, 2.24) is 0 Å². The summed E-state index contributed by atoms with van der Waals surface area (Å²) in [6.07, 6.45) is 0. The molecule has 1 aromatic heterocycles. The van der Waals surface area contributed by atoms with Gasteiger partial charge >= 0.3 is 0 Å². The molecule has 3 heteroatoms. The Kier molecular flexibility index (Phi) is 1.90. The molecule has 60 valence electrons. The van der Waals surface area contributed by atoms with E-state index in [0.717, 1.165) is 10.1 Å². The summed E-state index contributed by atoms with van der Waals surface area (Å²) < 4.78 is 1.13. The van der Waals surface area contributed by atoms with Crippen LogP contribution in [0.15, 0.2) is 29.6 Å². The average molecular weight is 194 g/mol. The number of hydrogen-bond acceptors (Lipinski definition) is 2. The summed E-state index contributed by atoms with van der Waals surface area (Å²) in [6, 6.07) is 7.83. The Morgan fingerprint density at radius 1 is 1.33 bits per heavy atom. The van der Waals surface area contributed by atoms with Gasteiger partial charge in [0.2, 0.25) is 5.12 Å². The van der Waals surface area contributed by atoms with Crippen molar-refractivity contribution in [2.24, 2.45) is 0 Å². The van der Waals surface area contributed by atoms with Crippen molar-refractivity contribution < 1.29 is 4.79 Å². The van der Waals surface area contributed by atoms with Crippen LogP contribution in [0.3, 0.4) is 0 Å². The van der Waals surface area contributed by atoms with E-state index in [1.165, 1.54) is 0 Å². The molecule has 0 fully saturated rings. The van der Waals surface area contributed by atoms with Crippen molar-refractivity contribution in [1.29, 1.82) is 0 Å². The van der Waals surface area contributed by atoms with E-state index in [9.17, 15) is 4.79 Å². The maximum absolute atomic E-state index is 11.0. The molecule has 0 aliphatic heterocycles. The first-order valence-electron chi connectivity index (χ1n) is 3.48. The van der Waals surface area contributed by atoms with Gasteiger partial charge in [-0.15, -0.1) is 24.0 Å². The molecule has 0 aliphatic rings. The van der Waals surface area contributed by atoms with E-state index in [0.29, 0.717) is 5.56 Å². The van der Waals surface area contributed by atoms with Crippen LogP contribution in [-0.2, 0) is 0 Å². The summed E-state index contributed by atoms with van der Waals surface area (Å²) in [7, 11) is 0. The van der Waals surface area contributed by atoms with Crippen molar-refractivity contribution >= 4 is 39.2 Å². The van der Waals surface area contributed by atoms with Crippen LogP contribution in [-0.4, -0.2) is 5.12 Å². The lowest BCUT2D eigenvalue weighted by molar-refractivity contribution is 0.109. The Morgan fingerprint density at radius 3 is 2.83 bits per heavy atom. The fourth-order valence-corrected chi connectivity index (χ4v) is 2.36. The summed E-state index contributed by atoms with van der Waals surface area (Å²) in [6.45, 7) is 0. The van der Waals surface area contributed by atoms with Gasteiger partial charge in [0.05, 0.1) is 0 Å². The fourth-order valence-electron chi connectivity index (χ4n) is 1.14. The molecular weight excluding hydrogens is 188 g/mol. The third-order valence-corrected chi connectivity index (χ3v) is 2.92. The smallest absolute Gasteiger partial charge is 0.217 e. The molecule has 0 amide bonds. The Hall–Kier alpha value is -0.800. The lowest BCUT2D eigenvalue weighted by atomic mass is 10.2. The Balaban J connectivity index is 2.79. The topological polar surface area (TPSA) is 17.1 Å². The van der Waals surface area contributed by atoms with Crippen LogP contribution in [0, 0.1) is 0 Å². The van der Waals surface area contributed by atoms with E-state index in [4.69, 9.17) is 0 Å². The second kappa shape index (κ2) is 2.92. The molecule has 0 spiro atoms. The van der Waals surface area contributed by atoms with Crippen molar-refractivity contribution in [3.63, 3.8) is 0 Å². The maximum atomic E-state index is 11.0. The average Bonchev–Trinajstić information content (AvgIpc) is 2.47. The Labute approximate surface area is 79.4 Å². The lowest BCUT2D eigenvalue weighted by Crippen LogP contribution is -1.84. The monoisotopic (exact) mass is 194 g/mol. The highest BCUT2D eigenvalue weighted by atomic mass is 32.1. The standard InChI is InChI=1S/C9H6OS2/c10-9(11)7-5-12-8-4-2-1-3-6(7)8/h1-5H,(H,10,11). The molecule has 0 saturated heterocycles. The minimum Gasteiger partial charge on any atom is -0.282 e. The predicted octanol–water partition coefficient (Wildman–Crippen LogP) is 2.97. The number of thiol groups is 1. The molecule has 1 aromatic carbocycles. The highest BCUT2D eigenvalue weighted by molar-refractivity contribution is 7.97. The summed E-state index contributed by atoms with van der Waals surface area (Å²) in [5, 5.41) is 2.69. The summed E-state index contributed by atoms with van der Waals surface area (Å²) >= 11 is 5.37. The third kappa shape index (κ3) is 1.15. The van der Waals surface area contributed by atoms with Crippen molar-refractivity contribution in [2.45, 2.75) is 0 Å². The number of thiophene rings is 1. The molecule has 12 heavy (non-hydrogen) atoms. The van der Waals surface area contributed by atoms with Crippen molar-refractivity contribution in [3.05, 3.63) is 35.2 Å². The van der Waals surface area contributed by atoms with E-state index in [1.807, 2.05) is 29.6 Å². The van der Waals surface area contributed by atoms with Crippen LogP contribution in [0.1, 0.15) is 10.4 Å². The normalized spacial score (nSPS) is 10.4. The minimum atomic E-state index is -0.160. The zero-order valence-electron chi connectivity index (χ0n) is 6.15. The van der Waals surface area contributed by atoms with Gasteiger partial charge in [-0.05, 0) is 6.07 Å². The van der Waals surface area contributed by atoms with E-state index in [1.54, 1.807) is 11.3 Å². The summed E-state index contributed by atoms with van der Waals surface area (Å²) in [5.74, 6) is 0. The van der Waals surface area contributed by atoms with Crippen LogP contribution in [0.4, 0.5) is 0 Å². The van der Waals surface area contributed by atoms with Crippen LogP contribution in [0.25, 0.3) is 10.1 Å². The molecule has 2 aromatic rings. The number of fused-ring (bicyclic) bond motifs is 1. The number of hydrogen-bond donors (Lipinski definition) is 1. The van der Waals surface area contributed by atoms with Crippen molar-refractivity contribution in [2.75, 3.05) is 0 Å². The SMILES string of the molecule is O=C(S)c1csc2ccccc12. The molecule has 0 bridgehead atoms. The second-order valence-corrected chi connectivity index (χ2v) is 3.77. The van der Waals surface area contributed by atoms with Gasteiger partial charge < -0.3 is 0 Å². The molecule has 0 aliphatic carbocycles. The Bertz CT molecular complexity index is 431. The fraction of sp³-hybridized carbons (Fsp3) is 0. The summed E-state index contributed by atoms with van der Waals surface area (Å²) in [4.78, 5) is 11.0. The number of carbonyl (C=O) groups excluding carboxylic acids is 1. The summed E-state index contributed by atoms with van der Waals surface area (Å²) in [5.41, 5.74) is 0.707. The zero-order chi connectivity index (χ0) is 8.55. The lowest BCUT2D eigenvalue weighted by Gasteiger charge is -1.90. The maximum Gasteiger partial charge on any atom is 0.217 e. The van der Waals surface area contributed by atoms with Gasteiger partial charge in [0, 0.05) is 21.0 Å². The van der Waals surface area contributed by atoms with Crippen LogP contribution < -0.4 is 0 Å². The number of rotatable bonds is 1. The minimum absolute atomic E-state index is 0.160. The molecule has 0 radical (unpaired) electrons. The van der Waals surface area contributed by atoms with Gasteiger partial charge in [-0.2, -0.15) is 0 Å². The van der Waals surface area contributed by atoms with Crippen LogP contribution in [0.2, 0.25) is 0 Å². The van der Waals surface area contributed by atoms with E-state index >= 15 is 0 Å². The van der Waals surface area contributed by atoms with Crippen LogP contribution >= 0.6 is 24.0 Å². The van der Waals surface area contributed by atoms with Gasteiger partial charge in [-0.3, -0.25) is 4.79 Å². The molecule has 0 N–H and O–H groups in total. The number of benzene rings is 1. The molecule has 1 heterocycles. The molecule has 0 atom stereocenters. The quantitative estimate of drug-likeness (QED) is 0.691. The van der Waals surface area contributed by atoms with Gasteiger partial charge in [-0.1, -0.05) is 18.2 Å². The third-order valence-electron chi connectivity index (χ3n) is 1.71. The van der Waals surface area contributed by atoms with E-state index in [-0.39, 0.29) is 5.12 Å². The first kappa shape index (κ1) is 7.83. The molecule has 0 unspecified atom stereocenters. The molecule has 1 nitrogen and oxygen atoms in total. The van der Waals surface area contributed by atoms with E-state index < -0.39 is 0 Å². The van der Waals surface area contributed by atoms with E-state index in [2.05, 4.69) is 12.6 Å². The van der Waals surface area contributed by atoms with Gasteiger partial charge in [0.1, 0.15) is 0 Å². The second-order valence-electron chi connectivity index (χ2n) is 2.45. The van der Waals surface area contributed by atoms with Gasteiger partial charge in [0.15, 0.2) is 0 Å². The number of carbonyl (C=O) groups is 1. The first-order valence-corrected chi connectivity index (χ1v) is 4.81. The molecular formula is C9H6OS2. The Morgan fingerprint density at radius 2 is 2.08 bits per heavy atom. The zero-order valence-corrected chi connectivity index (χ0v) is 7.86. The van der Waals surface area contributed by atoms with Gasteiger partial charge in [0.25, 0.3) is 0 Å². The predicted molar refractivity (Wildman–Crippen MR) is 55.1 cm³/mol. The highest BCUT2D eigenvalue weighted by Gasteiger charge is 2.06. The first-order chi connectivity index (χ1) is 5.79. The van der Waals surface area contributed by atoms with Crippen LogP contribution in [0.5, 0.6) is 0 Å². The van der Waals surface area contributed by atoms with Crippen molar-refractivity contribution in [3.8, 4) is 0 Å². The molecule has 0 saturated carbocycles.